The smallest absolute Gasteiger partial charge is 0.260 e. The van der Waals surface area contributed by atoms with Crippen LogP contribution in [0, 0.1) is 0 Å². The van der Waals surface area contributed by atoms with E-state index in [0.717, 1.165) is 5.57 Å². The number of para-hydroxylation sites is 1. The van der Waals surface area contributed by atoms with Gasteiger partial charge in [-0.05, 0) is 24.1 Å². The highest BCUT2D eigenvalue weighted by molar-refractivity contribution is 6.02. The van der Waals surface area contributed by atoms with E-state index < -0.39 is 6.23 Å². The molecule has 7 heteroatoms. The van der Waals surface area contributed by atoms with Gasteiger partial charge >= 0.3 is 0 Å². The number of rotatable bonds is 4. The van der Waals surface area contributed by atoms with Crippen molar-refractivity contribution in [3.8, 4) is 5.75 Å². The Kier molecular flexibility index (Phi) is 4.99. The molecule has 0 saturated carbocycles. The van der Waals surface area contributed by atoms with E-state index in [0.29, 0.717) is 23.4 Å². The van der Waals surface area contributed by atoms with E-state index in [4.69, 9.17) is 9.47 Å². The molecule has 2 atom stereocenters. The van der Waals surface area contributed by atoms with E-state index >= 15 is 0 Å². The second kappa shape index (κ2) is 7.21. The van der Waals surface area contributed by atoms with Crippen molar-refractivity contribution in [2.45, 2.75) is 18.7 Å². The fraction of sp³-hybridized carbons (Fsp3) is 0.368. The van der Waals surface area contributed by atoms with Crippen molar-refractivity contribution in [2.75, 3.05) is 33.6 Å². The molecule has 0 radical (unpaired) electrons. The summed E-state index contributed by atoms with van der Waals surface area (Å²) in [7, 11) is 6.56. The van der Waals surface area contributed by atoms with Crippen molar-refractivity contribution >= 4 is 17.5 Å². The Labute approximate surface area is 152 Å². The Bertz CT molecular complexity index is 785. The predicted octanol–water partition coefficient (Wildman–Crippen LogP) is 1.84. The molecule has 0 aromatic heterocycles. The third-order valence-corrected chi connectivity index (χ3v) is 4.59. The number of hydrogen-bond acceptors (Lipinski definition) is 5. The number of carbonyl (C=O) groups excluding carboxylic acids is 2. The summed E-state index contributed by atoms with van der Waals surface area (Å²) in [4.78, 5) is 28.0. The average Bonchev–Trinajstić information content (AvgIpc) is 3.02. The summed E-state index contributed by atoms with van der Waals surface area (Å²) >= 11 is 0. The van der Waals surface area contributed by atoms with Crippen molar-refractivity contribution in [3.05, 3.63) is 47.7 Å². The minimum atomic E-state index is -0.400. The van der Waals surface area contributed by atoms with Crippen molar-refractivity contribution in [1.29, 1.82) is 0 Å². The van der Waals surface area contributed by atoms with Crippen LogP contribution in [0.25, 0.3) is 0 Å². The number of anilines is 1. The Morgan fingerprint density at radius 3 is 2.77 bits per heavy atom. The first-order valence-electron chi connectivity index (χ1n) is 8.35. The number of fused-ring (bicyclic) bond motifs is 2. The number of hydrogen-bond donors (Lipinski definition) is 1. The van der Waals surface area contributed by atoms with Gasteiger partial charge in [0.1, 0.15) is 12.0 Å². The molecule has 1 N–H and O–H groups in total. The zero-order valence-corrected chi connectivity index (χ0v) is 15.4. The Morgan fingerprint density at radius 1 is 1.35 bits per heavy atom. The lowest BCUT2D eigenvalue weighted by molar-refractivity contribution is -0.123. The molecule has 0 saturated heterocycles. The van der Waals surface area contributed by atoms with Gasteiger partial charge in [0.2, 0.25) is 5.91 Å². The van der Waals surface area contributed by atoms with E-state index in [1.807, 2.05) is 0 Å². The van der Waals surface area contributed by atoms with E-state index in [2.05, 4.69) is 5.32 Å². The summed E-state index contributed by atoms with van der Waals surface area (Å²) in [6.45, 7) is 0. The van der Waals surface area contributed by atoms with Crippen LogP contribution in [0.2, 0.25) is 0 Å². The fourth-order valence-electron chi connectivity index (χ4n) is 3.19. The first-order valence-corrected chi connectivity index (χ1v) is 8.35. The first-order chi connectivity index (χ1) is 12.5. The molecular formula is C19H23N3O4. The molecule has 2 aliphatic heterocycles. The third kappa shape index (κ3) is 3.17. The summed E-state index contributed by atoms with van der Waals surface area (Å²) in [5.41, 5.74) is 2.06. The van der Waals surface area contributed by atoms with E-state index in [1.165, 1.54) is 11.0 Å². The average molecular weight is 357 g/mol. The van der Waals surface area contributed by atoms with Gasteiger partial charge < -0.3 is 24.6 Å². The maximum absolute atomic E-state index is 13.1. The topological polar surface area (TPSA) is 71.1 Å². The summed E-state index contributed by atoms with van der Waals surface area (Å²) in [6, 6.07) is 5.15. The van der Waals surface area contributed by atoms with Gasteiger partial charge in [-0.3, -0.25) is 9.59 Å². The highest BCUT2D eigenvalue weighted by Gasteiger charge is 2.40. The minimum Gasteiger partial charge on any atom is -0.495 e. The molecule has 138 valence electrons. The largest absolute Gasteiger partial charge is 0.495 e. The van der Waals surface area contributed by atoms with Crippen molar-refractivity contribution < 1.29 is 19.1 Å². The molecule has 2 aliphatic rings. The standard InChI is InChI=1S/C19H23N3O4/c1-21(2)16(23)9-8-12-10-14-18(26-4)20-17-13(19(24)22(14)11-12)6-5-7-15(17)25-3/h5-9,11,14,18,20H,10H2,1-4H3. The number of allylic oxidation sites excluding steroid dienone is 1. The van der Waals surface area contributed by atoms with Crippen LogP contribution in [-0.2, 0) is 9.53 Å². The molecule has 0 bridgehead atoms. The second-order valence-corrected chi connectivity index (χ2v) is 6.44. The molecule has 26 heavy (non-hydrogen) atoms. The fourth-order valence-corrected chi connectivity index (χ4v) is 3.19. The first kappa shape index (κ1) is 18.0. The van der Waals surface area contributed by atoms with Crippen molar-refractivity contribution in [3.63, 3.8) is 0 Å². The van der Waals surface area contributed by atoms with Gasteiger partial charge in [0, 0.05) is 33.5 Å². The molecule has 1 aromatic rings. The minimum absolute atomic E-state index is 0.101. The lowest BCUT2D eigenvalue weighted by atomic mass is 10.1. The predicted molar refractivity (Wildman–Crippen MR) is 97.9 cm³/mol. The van der Waals surface area contributed by atoms with Crippen LogP contribution < -0.4 is 10.1 Å². The second-order valence-electron chi connectivity index (χ2n) is 6.44. The number of amides is 2. The number of methoxy groups -OCH3 is 2. The van der Waals surface area contributed by atoms with E-state index in [9.17, 15) is 9.59 Å². The number of ether oxygens (including phenoxy) is 2. The molecule has 3 rings (SSSR count). The van der Waals surface area contributed by atoms with Gasteiger partial charge in [0.25, 0.3) is 5.91 Å². The number of nitrogens with one attached hydrogen (secondary N) is 1. The quantitative estimate of drug-likeness (QED) is 0.833. The summed E-state index contributed by atoms with van der Waals surface area (Å²) in [5.74, 6) is 0.369. The third-order valence-electron chi connectivity index (χ3n) is 4.59. The normalized spacial score (nSPS) is 21.6. The lowest BCUT2D eigenvalue weighted by Crippen LogP contribution is -2.43. The summed E-state index contributed by atoms with van der Waals surface area (Å²) in [5, 5.41) is 3.29. The highest BCUT2D eigenvalue weighted by Crippen LogP contribution is 2.37. The molecule has 7 nitrogen and oxygen atoms in total. The Morgan fingerprint density at radius 2 is 2.12 bits per heavy atom. The van der Waals surface area contributed by atoms with Crippen LogP contribution in [0.5, 0.6) is 5.75 Å². The maximum Gasteiger partial charge on any atom is 0.260 e. The van der Waals surface area contributed by atoms with E-state index in [1.54, 1.807) is 63.7 Å². The van der Waals surface area contributed by atoms with E-state index in [-0.39, 0.29) is 17.9 Å². The molecule has 1 aromatic carbocycles. The number of benzene rings is 1. The Balaban J connectivity index is 1.95. The highest BCUT2D eigenvalue weighted by atomic mass is 16.5. The Hall–Kier alpha value is -2.80. The zero-order chi connectivity index (χ0) is 18.8. The lowest BCUT2D eigenvalue weighted by Gasteiger charge is -2.27. The molecule has 2 heterocycles. The summed E-state index contributed by atoms with van der Waals surface area (Å²) < 4.78 is 11.0. The van der Waals surface area contributed by atoms with Gasteiger partial charge in [-0.15, -0.1) is 0 Å². The molecular weight excluding hydrogens is 334 g/mol. The van der Waals surface area contributed by atoms with Crippen molar-refractivity contribution in [1.82, 2.24) is 9.80 Å². The number of likely N-dealkylation sites (N-methyl/N-ethyl adjacent to an activating group) is 1. The molecule has 0 fully saturated rings. The molecule has 2 amide bonds. The van der Waals surface area contributed by atoms with Gasteiger partial charge in [-0.25, -0.2) is 0 Å². The number of nitrogens with zero attached hydrogens (tertiary/aromatic N) is 2. The molecule has 2 unspecified atom stereocenters. The summed E-state index contributed by atoms with van der Waals surface area (Å²) in [6.07, 6.45) is 5.24. The van der Waals surface area contributed by atoms with Gasteiger partial charge in [-0.1, -0.05) is 12.1 Å². The van der Waals surface area contributed by atoms with Gasteiger partial charge in [0.05, 0.1) is 24.4 Å². The van der Waals surface area contributed by atoms with Crippen molar-refractivity contribution in [2.24, 2.45) is 0 Å². The van der Waals surface area contributed by atoms with Crippen LogP contribution in [-0.4, -0.2) is 62.2 Å². The van der Waals surface area contributed by atoms with Crippen LogP contribution in [0.15, 0.2) is 42.1 Å². The zero-order valence-electron chi connectivity index (χ0n) is 15.4. The maximum atomic E-state index is 13.1. The monoisotopic (exact) mass is 357 g/mol. The SMILES string of the molecule is COc1cccc2c1NC(OC)C1CC(C=CC(=O)N(C)C)=CN1C2=O. The van der Waals surface area contributed by atoms with Gasteiger partial charge in [-0.2, -0.15) is 0 Å². The number of carbonyl (C=O) groups is 2. The van der Waals surface area contributed by atoms with Crippen LogP contribution in [0.1, 0.15) is 16.8 Å². The molecule has 0 aliphatic carbocycles. The van der Waals surface area contributed by atoms with Gasteiger partial charge in [0.15, 0.2) is 0 Å². The van der Waals surface area contributed by atoms with Crippen LogP contribution in [0.4, 0.5) is 5.69 Å². The van der Waals surface area contributed by atoms with Crippen LogP contribution in [0.3, 0.4) is 0 Å². The molecule has 0 spiro atoms. The van der Waals surface area contributed by atoms with Crippen LogP contribution >= 0.6 is 0 Å².